The molecule has 2 atom stereocenters. The van der Waals surface area contributed by atoms with Crippen molar-refractivity contribution in [2.45, 2.75) is 5.92 Å². The van der Waals surface area contributed by atoms with E-state index in [1.54, 1.807) is 12.1 Å². The molecule has 3 aliphatic carbocycles. The number of nitrogens with zero attached hydrogens (tertiary/aromatic N) is 4. The molecule has 4 nitrogen and oxygen atoms in total. The van der Waals surface area contributed by atoms with Crippen molar-refractivity contribution in [3.05, 3.63) is 137 Å². The minimum atomic E-state index is -0.320. The lowest BCUT2D eigenvalue weighted by atomic mass is 9.81. The number of aliphatic imine (C=N–C) groups is 2. The van der Waals surface area contributed by atoms with Gasteiger partial charge < -0.3 is 0 Å². The summed E-state index contributed by atoms with van der Waals surface area (Å²) >= 11 is 0. The molecular weight excluding hydrogens is 502 g/mol. The van der Waals surface area contributed by atoms with Crippen molar-refractivity contribution < 1.29 is 8.78 Å². The third-order valence-electron chi connectivity index (χ3n) is 7.84. The van der Waals surface area contributed by atoms with Crippen molar-refractivity contribution in [2.24, 2.45) is 15.9 Å². The Hall–Kier alpha value is -5.46. The van der Waals surface area contributed by atoms with Gasteiger partial charge in [-0.05, 0) is 75.4 Å². The fraction of sp³-hybridized carbons (Fsp3) is 0.0588. The summed E-state index contributed by atoms with van der Waals surface area (Å²) in [4.78, 5) is 8.46. The van der Waals surface area contributed by atoms with E-state index in [1.807, 2.05) is 60.9 Å². The van der Waals surface area contributed by atoms with Gasteiger partial charge in [-0.1, -0.05) is 60.7 Å². The Morgan fingerprint density at radius 3 is 1.82 bits per heavy atom. The predicted molar refractivity (Wildman–Crippen MR) is 150 cm³/mol. The van der Waals surface area contributed by atoms with Gasteiger partial charge in [0.2, 0.25) is 12.4 Å². The molecule has 0 aromatic heterocycles. The summed E-state index contributed by atoms with van der Waals surface area (Å²) in [6.07, 6.45) is 8.14. The summed E-state index contributed by atoms with van der Waals surface area (Å²) in [5.41, 5.74) is 9.75. The largest absolute Gasteiger partial charge is 0.207 e. The monoisotopic (exact) mass is 520 g/mol. The van der Waals surface area contributed by atoms with Gasteiger partial charge >= 0.3 is 0 Å². The molecule has 3 aliphatic rings. The number of nitriles is 2. The van der Waals surface area contributed by atoms with E-state index in [1.165, 1.54) is 24.3 Å². The normalized spacial score (nSPS) is 20.1. The van der Waals surface area contributed by atoms with Crippen molar-refractivity contribution in [3.63, 3.8) is 0 Å². The lowest BCUT2D eigenvalue weighted by molar-refractivity contribution is 0.628. The van der Waals surface area contributed by atoms with Gasteiger partial charge in [-0.2, -0.15) is 20.5 Å². The summed E-state index contributed by atoms with van der Waals surface area (Å²) in [5.74, 6) is -0.931. The van der Waals surface area contributed by atoms with Crippen LogP contribution in [0.5, 0.6) is 0 Å². The van der Waals surface area contributed by atoms with Crippen LogP contribution in [-0.2, 0) is 0 Å². The van der Waals surface area contributed by atoms with Crippen molar-refractivity contribution in [1.82, 2.24) is 0 Å². The Morgan fingerprint density at radius 1 is 0.575 bits per heavy atom. The number of hydrogen-bond acceptors (Lipinski definition) is 4. The first-order valence-electron chi connectivity index (χ1n) is 12.7. The molecule has 40 heavy (non-hydrogen) atoms. The second-order valence-electron chi connectivity index (χ2n) is 9.95. The van der Waals surface area contributed by atoms with Crippen molar-refractivity contribution in [1.29, 1.82) is 10.5 Å². The first kappa shape index (κ1) is 23.6. The first-order valence-corrected chi connectivity index (χ1v) is 12.7. The Bertz CT molecular complexity index is 1970. The average molecular weight is 521 g/mol. The average Bonchev–Trinajstić information content (AvgIpc) is 3.43. The molecule has 0 N–H and O–H groups in total. The van der Waals surface area contributed by atoms with Crippen LogP contribution in [0, 0.1) is 40.5 Å². The molecule has 0 radical (unpaired) electrons. The standard InChI is InChI=1S/C34H18F2N4/c35-23-5-1-3-19(11-23)21-7-9-25-27-15-32-28(16-31(27)33(39-17-37)29(25)13-21)26-10-8-22(14-30(26)34(32)40-18-38)20-4-2-6-24(36)12-20/h1-16,27,31H/b39-33+,40-34+. The number of allylic oxidation sites excluding steroid dienone is 4. The van der Waals surface area contributed by atoms with Gasteiger partial charge in [0.25, 0.3) is 0 Å². The molecule has 0 aliphatic heterocycles. The zero-order chi connectivity index (χ0) is 27.4. The maximum absolute atomic E-state index is 13.9. The highest BCUT2D eigenvalue weighted by atomic mass is 19.1. The molecule has 7 rings (SSSR count). The first-order chi connectivity index (χ1) is 19.6. The Kier molecular flexibility index (Phi) is 5.37. The number of halogens is 2. The van der Waals surface area contributed by atoms with E-state index in [9.17, 15) is 19.3 Å². The number of rotatable bonds is 2. The smallest absolute Gasteiger partial charge is 0.206 e. The lowest BCUT2D eigenvalue weighted by Crippen LogP contribution is -2.16. The predicted octanol–water partition coefficient (Wildman–Crippen LogP) is 7.59. The minimum absolute atomic E-state index is 0.108. The molecule has 0 saturated heterocycles. The van der Waals surface area contributed by atoms with Crippen LogP contribution in [0.3, 0.4) is 0 Å². The molecule has 0 saturated carbocycles. The second kappa shape index (κ2) is 9.08. The SMILES string of the molecule is N#C/N=C1/C2=CC3c4ccc(-c5cccc(F)c5)cc4/C(=N\C#N)C3C=C2c2ccc(-c3cccc(F)c3)cc21. The number of hydrogen-bond donors (Lipinski definition) is 0. The molecule has 188 valence electrons. The van der Waals surface area contributed by atoms with E-state index in [0.717, 1.165) is 55.7 Å². The van der Waals surface area contributed by atoms with E-state index in [0.29, 0.717) is 11.4 Å². The highest BCUT2D eigenvalue weighted by molar-refractivity contribution is 6.31. The van der Waals surface area contributed by atoms with Crippen LogP contribution in [-0.4, -0.2) is 11.4 Å². The molecule has 6 heteroatoms. The van der Waals surface area contributed by atoms with Gasteiger partial charge in [0, 0.05) is 28.5 Å². The van der Waals surface area contributed by atoms with Crippen LogP contribution in [0.25, 0.3) is 27.8 Å². The molecule has 2 unspecified atom stereocenters. The third-order valence-corrected chi connectivity index (χ3v) is 7.84. The molecule has 0 spiro atoms. The Labute approximate surface area is 229 Å². The van der Waals surface area contributed by atoms with E-state index >= 15 is 0 Å². The fourth-order valence-corrected chi connectivity index (χ4v) is 6.14. The summed E-state index contributed by atoms with van der Waals surface area (Å²) in [6.45, 7) is 0. The van der Waals surface area contributed by atoms with Crippen LogP contribution in [0.1, 0.15) is 28.2 Å². The summed E-state index contributed by atoms with van der Waals surface area (Å²) in [6, 6.07) is 24.6. The third kappa shape index (κ3) is 3.62. The van der Waals surface area contributed by atoms with Gasteiger partial charge in [-0.25, -0.2) is 8.78 Å². The topological polar surface area (TPSA) is 72.3 Å². The molecule has 0 bridgehead atoms. The lowest BCUT2D eigenvalue weighted by Gasteiger charge is -2.21. The highest BCUT2D eigenvalue weighted by Crippen LogP contribution is 2.51. The molecular formula is C34H18F2N4. The van der Waals surface area contributed by atoms with Gasteiger partial charge in [0.1, 0.15) is 11.6 Å². The van der Waals surface area contributed by atoms with Crippen LogP contribution in [0.2, 0.25) is 0 Å². The van der Waals surface area contributed by atoms with E-state index in [2.05, 4.69) is 22.1 Å². The Balaban J connectivity index is 1.37. The van der Waals surface area contributed by atoms with Gasteiger partial charge in [-0.15, -0.1) is 0 Å². The highest BCUT2D eigenvalue weighted by Gasteiger charge is 2.42. The van der Waals surface area contributed by atoms with E-state index < -0.39 is 0 Å². The minimum Gasteiger partial charge on any atom is -0.207 e. The molecule has 0 heterocycles. The van der Waals surface area contributed by atoms with Crippen molar-refractivity contribution in [3.8, 4) is 34.6 Å². The molecule has 4 aromatic rings. The molecule has 0 amide bonds. The number of benzene rings is 4. The quantitative estimate of drug-likeness (QED) is 0.256. The second-order valence-corrected chi connectivity index (χ2v) is 9.95. The van der Waals surface area contributed by atoms with Gasteiger partial charge in [0.05, 0.1) is 11.4 Å². The molecule has 4 aromatic carbocycles. The molecule has 0 fully saturated rings. The Morgan fingerprint density at radius 2 is 1.18 bits per heavy atom. The van der Waals surface area contributed by atoms with Gasteiger partial charge in [-0.3, -0.25) is 0 Å². The van der Waals surface area contributed by atoms with Crippen LogP contribution >= 0.6 is 0 Å². The zero-order valence-electron chi connectivity index (χ0n) is 20.9. The fourth-order valence-electron chi connectivity index (χ4n) is 6.14. The van der Waals surface area contributed by atoms with Crippen LogP contribution in [0.4, 0.5) is 8.78 Å². The van der Waals surface area contributed by atoms with Crippen LogP contribution in [0.15, 0.2) is 113 Å². The van der Waals surface area contributed by atoms with E-state index in [-0.39, 0.29) is 23.5 Å². The maximum atomic E-state index is 13.9. The number of fused-ring (bicyclic) bond motifs is 6. The zero-order valence-corrected chi connectivity index (χ0v) is 20.9. The van der Waals surface area contributed by atoms with E-state index in [4.69, 9.17) is 0 Å². The van der Waals surface area contributed by atoms with Crippen molar-refractivity contribution >= 4 is 17.0 Å². The summed E-state index contributed by atoms with van der Waals surface area (Å²) < 4.78 is 27.8. The summed E-state index contributed by atoms with van der Waals surface area (Å²) in [7, 11) is 0. The van der Waals surface area contributed by atoms with Gasteiger partial charge in [0.15, 0.2) is 0 Å². The van der Waals surface area contributed by atoms with Crippen LogP contribution < -0.4 is 0 Å². The summed E-state index contributed by atoms with van der Waals surface area (Å²) in [5, 5.41) is 19.1. The van der Waals surface area contributed by atoms with Crippen molar-refractivity contribution in [2.75, 3.05) is 0 Å². The maximum Gasteiger partial charge on any atom is 0.206 e.